The quantitative estimate of drug-likeness (QED) is 0.367. The van der Waals surface area contributed by atoms with Gasteiger partial charge >= 0.3 is 0 Å². The Kier molecular flexibility index (Phi) is 9.83. The minimum absolute atomic E-state index is 0.659. The molecule has 0 radical (unpaired) electrons. The molecule has 0 aromatic heterocycles. The smallest absolute Gasteiger partial charge is 0.00815 e. The van der Waals surface area contributed by atoms with Gasteiger partial charge in [0.1, 0.15) is 0 Å². The first kappa shape index (κ1) is 23.2. The van der Waals surface area contributed by atoms with Crippen molar-refractivity contribution < 1.29 is 0 Å². The van der Waals surface area contributed by atoms with Gasteiger partial charge in [0.05, 0.1) is 0 Å². The van der Waals surface area contributed by atoms with Gasteiger partial charge in [-0.05, 0) is 87.9 Å². The summed E-state index contributed by atoms with van der Waals surface area (Å²) in [5, 5.41) is 0. The summed E-state index contributed by atoms with van der Waals surface area (Å²) in [5.41, 5.74) is 3.02. The van der Waals surface area contributed by atoms with Crippen LogP contribution in [0, 0.1) is 35.5 Å². The van der Waals surface area contributed by atoms with Gasteiger partial charge in [-0.1, -0.05) is 88.1 Å². The fourth-order valence-electron chi connectivity index (χ4n) is 5.02. The summed E-state index contributed by atoms with van der Waals surface area (Å²) >= 11 is 0. The third-order valence-corrected chi connectivity index (χ3v) is 7.12. The van der Waals surface area contributed by atoms with Gasteiger partial charge in [0.2, 0.25) is 0 Å². The van der Waals surface area contributed by atoms with Gasteiger partial charge in [0, 0.05) is 0 Å². The molecule has 0 aromatic rings. The van der Waals surface area contributed by atoms with Crippen molar-refractivity contribution in [2.45, 2.75) is 92.9 Å². The molecule has 2 unspecified atom stereocenters. The van der Waals surface area contributed by atoms with Crippen LogP contribution in [0.2, 0.25) is 0 Å². The van der Waals surface area contributed by atoms with E-state index in [2.05, 4.69) is 78.0 Å². The van der Waals surface area contributed by atoms with Crippen LogP contribution in [-0.4, -0.2) is 0 Å². The molecule has 2 fully saturated rings. The molecule has 158 valence electrons. The Balaban J connectivity index is 0.000000156. The van der Waals surface area contributed by atoms with E-state index in [1.807, 2.05) is 0 Å². The van der Waals surface area contributed by atoms with Crippen molar-refractivity contribution in [1.29, 1.82) is 0 Å². The molecule has 2 saturated carbocycles. The predicted octanol–water partition coefficient (Wildman–Crippen LogP) is 8.92. The zero-order valence-electron chi connectivity index (χ0n) is 19.6. The maximum Gasteiger partial charge on any atom is -0.00815 e. The summed E-state index contributed by atoms with van der Waals surface area (Å²) in [6.45, 7) is 13.6. The first-order chi connectivity index (χ1) is 13.3. The molecule has 4 aliphatic carbocycles. The Labute approximate surface area is 176 Å². The monoisotopic (exact) mass is 382 g/mol. The average Bonchev–Trinajstić information content (AvgIpc) is 2.68. The van der Waals surface area contributed by atoms with Crippen LogP contribution < -0.4 is 0 Å². The van der Waals surface area contributed by atoms with Gasteiger partial charge in [-0.25, -0.2) is 0 Å². The lowest BCUT2D eigenvalue weighted by Gasteiger charge is -2.40. The molecular weight excluding hydrogens is 336 g/mol. The molecule has 0 saturated heterocycles. The van der Waals surface area contributed by atoms with Crippen molar-refractivity contribution in [3.8, 4) is 0 Å². The lowest BCUT2D eigenvalue weighted by atomic mass is 9.65. The van der Waals surface area contributed by atoms with Crippen LogP contribution in [0.15, 0.2) is 47.6 Å². The molecule has 4 rings (SSSR count). The van der Waals surface area contributed by atoms with Gasteiger partial charge in [0.15, 0.2) is 0 Å². The van der Waals surface area contributed by atoms with Crippen LogP contribution in [0.4, 0.5) is 0 Å². The summed E-state index contributed by atoms with van der Waals surface area (Å²) in [6, 6.07) is 0. The van der Waals surface area contributed by atoms with E-state index < -0.39 is 0 Å². The van der Waals surface area contributed by atoms with Gasteiger partial charge in [-0.3, -0.25) is 0 Å². The molecule has 0 spiro atoms. The number of hydrogen-bond donors (Lipinski definition) is 0. The molecule has 0 heteroatoms. The van der Waals surface area contributed by atoms with Crippen molar-refractivity contribution in [2.75, 3.05) is 0 Å². The Morgan fingerprint density at radius 1 is 0.571 bits per heavy atom. The van der Waals surface area contributed by atoms with Crippen molar-refractivity contribution in [3.05, 3.63) is 47.6 Å². The fraction of sp³-hybridized carbons (Fsp3) is 0.714. The van der Waals surface area contributed by atoms with Gasteiger partial charge in [0.25, 0.3) is 0 Å². The molecule has 4 aliphatic rings. The third kappa shape index (κ3) is 8.54. The van der Waals surface area contributed by atoms with Crippen molar-refractivity contribution in [1.82, 2.24) is 0 Å². The normalized spacial score (nSPS) is 36.6. The van der Waals surface area contributed by atoms with Crippen LogP contribution in [-0.2, 0) is 0 Å². The molecule has 4 atom stereocenters. The highest BCUT2D eigenvalue weighted by molar-refractivity contribution is 5.18. The minimum Gasteiger partial charge on any atom is -0.0813 e. The van der Waals surface area contributed by atoms with E-state index in [1.54, 1.807) is 0 Å². The lowest BCUT2D eigenvalue weighted by molar-refractivity contribution is 0.109. The molecule has 0 nitrogen and oxygen atoms in total. The standard InChI is InChI=1S/C12H22.2C8H12/c1-9-3-5-12-8-10(2)4-6-11(12)7-9;2*1-7-3-5-8(2)6-4-7/h9-12H,3-8H2,1-2H3;3,6H,4-5H2,1-2H3;3-8H,1-2H3/t9-,10-,11?,12?;;/m1../s1. The second kappa shape index (κ2) is 11.8. The minimum atomic E-state index is 0.659. The van der Waals surface area contributed by atoms with E-state index >= 15 is 0 Å². The maximum atomic E-state index is 2.44. The second-order valence-electron chi connectivity index (χ2n) is 10.4. The fourth-order valence-corrected chi connectivity index (χ4v) is 5.02. The zero-order valence-corrected chi connectivity index (χ0v) is 19.6. The van der Waals surface area contributed by atoms with E-state index in [4.69, 9.17) is 0 Å². The van der Waals surface area contributed by atoms with Crippen LogP contribution in [0.5, 0.6) is 0 Å². The van der Waals surface area contributed by atoms with Crippen molar-refractivity contribution in [2.24, 2.45) is 35.5 Å². The summed E-state index contributed by atoms with van der Waals surface area (Å²) < 4.78 is 0. The molecule has 0 amide bonds. The highest BCUT2D eigenvalue weighted by Gasteiger charge is 2.32. The van der Waals surface area contributed by atoms with E-state index in [0.29, 0.717) is 11.8 Å². The first-order valence-electron chi connectivity index (χ1n) is 12.0. The van der Waals surface area contributed by atoms with Crippen LogP contribution in [0.1, 0.15) is 92.9 Å². The van der Waals surface area contributed by atoms with Crippen molar-refractivity contribution >= 4 is 0 Å². The zero-order chi connectivity index (χ0) is 20.5. The van der Waals surface area contributed by atoms with Gasteiger partial charge < -0.3 is 0 Å². The van der Waals surface area contributed by atoms with E-state index in [9.17, 15) is 0 Å². The Bertz CT molecular complexity index is 509. The largest absolute Gasteiger partial charge is 0.0813 e. The van der Waals surface area contributed by atoms with Crippen molar-refractivity contribution in [3.63, 3.8) is 0 Å². The van der Waals surface area contributed by atoms with Crippen LogP contribution >= 0.6 is 0 Å². The molecule has 0 aromatic carbocycles. The van der Waals surface area contributed by atoms with Crippen LogP contribution in [0.25, 0.3) is 0 Å². The van der Waals surface area contributed by atoms with E-state index in [-0.39, 0.29) is 0 Å². The predicted molar refractivity (Wildman–Crippen MR) is 126 cm³/mol. The molecule has 0 N–H and O–H groups in total. The maximum absolute atomic E-state index is 2.44. The Morgan fingerprint density at radius 2 is 0.929 bits per heavy atom. The SMILES string of the molecule is CC1=CCC(C)=CC1.CC1C=CC(C)C=C1.C[C@@H]1CCC2C[C@H](C)CCC2C1. The van der Waals surface area contributed by atoms with E-state index in [1.165, 1.54) is 62.5 Å². The molecule has 0 aliphatic heterocycles. The number of hydrogen-bond acceptors (Lipinski definition) is 0. The van der Waals surface area contributed by atoms with Crippen LogP contribution in [0.3, 0.4) is 0 Å². The number of allylic oxidation sites excluding steroid dienone is 8. The second-order valence-corrected chi connectivity index (χ2v) is 10.4. The molecule has 0 bridgehead atoms. The summed E-state index contributed by atoms with van der Waals surface area (Å²) in [6.07, 6.45) is 25.1. The van der Waals surface area contributed by atoms with Gasteiger partial charge in [-0.15, -0.1) is 0 Å². The number of fused-ring (bicyclic) bond motifs is 1. The topological polar surface area (TPSA) is 0 Å². The summed E-state index contributed by atoms with van der Waals surface area (Å²) in [5.74, 6) is 5.60. The van der Waals surface area contributed by atoms with E-state index in [0.717, 1.165) is 23.7 Å². The first-order valence-corrected chi connectivity index (χ1v) is 12.0. The molecular formula is C28H46. The highest BCUT2D eigenvalue weighted by Crippen LogP contribution is 2.44. The summed E-state index contributed by atoms with van der Waals surface area (Å²) in [7, 11) is 0. The summed E-state index contributed by atoms with van der Waals surface area (Å²) in [4.78, 5) is 0. The number of rotatable bonds is 0. The average molecular weight is 383 g/mol. The Morgan fingerprint density at radius 3 is 1.25 bits per heavy atom. The molecule has 0 heterocycles. The molecule has 28 heavy (non-hydrogen) atoms. The lowest BCUT2D eigenvalue weighted by Crippen LogP contribution is -2.29. The van der Waals surface area contributed by atoms with Gasteiger partial charge in [-0.2, -0.15) is 0 Å². The third-order valence-electron chi connectivity index (χ3n) is 7.12. The highest BCUT2D eigenvalue weighted by atomic mass is 14.4. The Hall–Kier alpha value is -1.04.